The second-order valence-corrected chi connectivity index (χ2v) is 8.96. The summed E-state index contributed by atoms with van der Waals surface area (Å²) in [4.78, 5) is 49.6. The predicted molar refractivity (Wildman–Crippen MR) is 101 cm³/mol. The molecule has 0 aliphatic carbocycles. The average Bonchev–Trinajstić information content (AvgIpc) is 2.88. The Morgan fingerprint density at radius 3 is 2.50 bits per heavy atom. The number of hydrogen-bond acceptors (Lipinski definition) is 7. The molecule has 2 aliphatic heterocycles. The summed E-state index contributed by atoms with van der Waals surface area (Å²) in [6, 6.07) is 7.76. The molecule has 0 spiro atoms. The van der Waals surface area contributed by atoms with Gasteiger partial charge in [-0.2, -0.15) is 0 Å². The van der Waals surface area contributed by atoms with Crippen molar-refractivity contribution in [3.05, 3.63) is 35.9 Å². The smallest absolute Gasteiger partial charge is 0.333 e. The van der Waals surface area contributed by atoms with Gasteiger partial charge in [-0.3, -0.25) is 14.4 Å². The number of esters is 2. The molecule has 9 heteroatoms. The second-order valence-electron chi connectivity index (χ2n) is 7.18. The number of nitrogens with zero attached hydrogens (tertiary/aromatic N) is 1. The van der Waals surface area contributed by atoms with E-state index >= 15 is 0 Å². The number of hydrogen-bond donors (Lipinski definition) is 1. The first-order chi connectivity index (χ1) is 13.2. The fraction of sp³-hybridized carbons (Fsp3) is 0.474. The van der Waals surface area contributed by atoms with Crippen LogP contribution >= 0.6 is 11.8 Å². The minimum atomic E-state index is -0.812. The summed E-state index contributed by atoms with van der Waals surface area (Å²) in [5, 5.41) is 2.43. The van der Waals surface area contributed by atoms with Gasteiger partial charge in [0.15, 0.2) is 0 Å². The van der Waals surface area contributed by atoms with Crippen molar-refractivity contribution >= 4 is 35.5 Å². The Hall–Kier alpha value is -2.55. The van der Waals surface area contributed by atoms with E-state index in [-0.39, 0.29) is 23.6 Å². The van der Waals surface area contributed by atoms with E-state index in [0.717, 1.165) is 5.56 Å². The molecule has 2 heterocycles. The van der Waals surface area contributed by atoms with Crippen LogP contribution in [-0.2, 0) is 35.1 Å². The van der Waals surface area contributed by atoms with Gasteiger partial charge < -0.3 is 19.7 Å². The molecule has 0 bridgehead atoms. The molecule has 0 radical (unpaired) electrons. The van der Waals surface area contributed by atoms with Crippen molar-refractivity contribution in [2.75, 3.05) is 6.79 Å². The fourth-order valence-electron chi connectivity index (χ4n) is 3.38. The quantitative estimate of drug-likeness (QED) is 0.424. The number of fused-ring (bicyclic) bond motifs is 1. The van der Waals surface area contributed by atoms with E-state index in [1.165, 1.54) is 23.6 Å². The number of amides is 2. The molecule has 3 atom stereocenters. The van der Waals surface area contributed by atoms with Crippen LogP contribution in [0.1, 0.15) is 26.3 Å². The normalized spacial score (nSPS) is 24.8. The van der Waals surface area contributed by atoms with E-state index in [0.29, 0.717) is 0 Å². The van der Waals surface area contributed by atoms with Crippen LogP contribution in [0.15, 0.2) is 30.3 Å². The standard InChI is InChI=1S/C19H22N2O6S/c1-11(22)26-10-27-18(25)15-19(2,3)28-17-14(16(24)21(15)17)20-13(23)9-12-7-5-4-6-8-12/h4-8,14-15,17H,9-10H2,1-3H3,(H,20,23)/t14-,15+,17+/m0/s1. The van der Waals surface area contributed by atoms with Crippen LogP contribution in [0.5, 0.6) is 0 Å². The number of carbonyl (C=O) groups excluding carboxylic acids is 4. The lowest BCUT2D eigenvalue weighted by Gasteiger charge is -2.43. The van der Waals surface area contributed by atoms with E-state index in [2.05, 4.69) is 10.1 Å². The van der Waals surface area contributed by atoms with Crippen molar-refractivity contribution in [3.63, 3.8) is 0 Å². The maximum Gasteiger partial charge on any atom is 0.333 e. The number of benzene rings is 1. The molecule has 0 saturated carbocycles. The van der Waals surface area contributed by atoms with Crippen LogP contribution < -0.4 is 5.32 Å². The first kappa shape index (κ1) is 20.2. The molecule has 150 valence electrons. The van der Waals surface area contributed by atoms with E-state index in [1.54, 1.807) is 0 Å². The summed E-state index contributed by atoms with van der Waals surface area (Å²) in [6.45, 7) is 4.39. The van der Waals surface area contributed by atoms with Gasteiger partial charge in [-0.05, 0) is 19.4 Å². The highest BCUT2D eigenvalue weighted by atomic mass is 32.2. The highest BCUT2D eigenvalue weighted by molar-refractivity contribution is 8.01. The van der Waals surface area contributed by atoms with Crippen LogP contribution in [0.2, 0.25) is 0 Å². The molecule has 1 aromatic carbocycles. The third kappa shape index (κ3) is 3.99. The summed E-state index contributed by atoms with van der Waals surface area (Å²) < 4.78 is 9.02. The zero-order valence-corrected chi connectivity index (χ0v) is 16.7. The molecule has 0 unspecified atom stereocenters. The molecule has 2 amide bonds. The molecule has 2 fully saturated rings. The average molecular weight is 406 g/mol. The summed E-state index contributed by atoms with van der Waals surface area (Å²) in [5.74, 6) is -1.77. The van der Waals surface area contributed by atoms with Crippen LogP contribution in [0.3, 0.4) is 0 Å². The zero-order valence-electron chi connectivity index (χ0n) is 15.8. The molecule has 3 rings (SSSR count). The van der Waals surface area contributed by atoms with Gasteiger partial charge in [-0.1, -0.05) is 30.3 Å². The Labute approximate surface area is 166 Å². The lowest BCUT2D eigenvalue weighted by Crippen LogP contribution is -2.70. The maximum atomic E-state index is 12.6. The van der Waals surface area contributed by atoms with Crippen LogP contribution in [0.25, 0.3) is 0 Å². The lowest BCUT2D eigenvalue weighted by molar-refractivity contribution is -0.175. The summed E-state index contributed by atoms with van der Waals surface area (Å²) in [5.41, 5.74) is 0.856. The van der Waals surface area contributed by atoms with E-state index in [4.69, 9.17) is 4.74 Å². The SMILES string of the molecule is CC(=O)OCOC(=O)[C@H]1N2C(=O)[C@H](NC(=O)Cc3ccccc3)[C@H]2SC1(C)C. The van der Waals surface area contributed by atoms with Crippen LogP contribution in [0, 0.1) is 0 Å². The largest absolute Gasteiger partial charge is 0.428 e. The Morgan fingerprint density at radius 1 is 1.18 bits per heavy atom. The summed E-state index contributed by atoms with van der Waals surface area (Å²) in [6.07, 6.45) is 0.180. The van der Waals surface area contributed by atoms with Crippen LogP contribution in [0.4, 0.5) is 0 Å². The van der Waals surface area contributed by atoms with Gasteiger partial charge in [0.05, 0.1) is 6.42 Å². The topological polar surface area (TPSA) is 102 Å². The highest BCUT2D eigenvalue weighted by Gasteiger charge is 2.64. The Morgan fingerprint density at radius 2 is 1.86 bits per heavy atom. The minimum absolute atomic E-state index is 0.180. The van der Waals surface area contributed by atoms with Crippen molar-refractivity contribution in [1.29, 1.82) is 0 Å². The Kier molecular flexibility index (Phi) is 5.64. The second kappa shape index (κ2) is 7.83. The fourth-order valence-corrected chi connectivity index (χ4v) is 5.00. The molecule has 1 aromatic rings. The number of ether oxygens (including phenoxy) is 2. The number of nitrogens with one attached hydrogen (secondary N) is 1. The third-order valence-electron chi connectivity index (χ3n) is 4.65. The van der Waals surface area contributed by atoms with Gasteiger partial charge in [0.2, 0.25) is 18.6 Å². The van der Waals surface area contributed by atoms with E-state index < -0.39 is 35.6 Å². The summed E-state index contributed by atoms with van der Waals surface area (Å²) >= 11 is 1.44. The van der Waals surface area contributed by atoms with Gasteiger partial charge in [0.25, 0.3) is 0 Å². The first-order valence-electron chi connectivity index (χ1n) is 8.84. The molecule has 28 heavy (non-hydrogen) atoms. The van der Waals surface area contributed by atoms with E-state index in [1.807, 2.05) is 44.2 Å². The lowest BCUT2D eigenvalue weighted by atomic mass is 9.96. The van der Waals surface area contributed by atoms with Gasteiger partial charge >= 0.3 is 11.9 Å². The molecular formula is C19H22N2O6S. The first-order valence-corrected chi connectivity index (χ1v) is 9.72. The summed E-state index contributed by atoms with van der Waals surface area (Å²) in [7, 11) is 0. The van der Waals surface area contributed by atoms with Gasteiger partial charge in [-0.15, -0.1) is 11.8 Å². The monoisotopic (exact) mass is 406 g/mol. The van der Waals surface area contributed by atoms with Crippen LogP contribution in [-0.4, -0.2) is 57.7 Å². The van der Waals surface area contributed by atoms with Crippen molar-refractivity contribution in [3.8, 4) is 0 Å². The zero-order chi connectivity index (χ0) is 20.5. The number of rotatable bonds is 6. The molecule has 0 aromatic heterocycles. The van der Waals surface area contributed by atoms with Crippen molar-refractivity contribution < 1.29 is 28.7 Å². The minimum Gasteiger partial charge on any atom is -0.428 e. The number of carbonyl (C=O) groups is 4. The van der Waals surface area contributed by atoms with Crippen molar-refractivity contribution in [2.24, 2.45) is 0 Å². The molecule has 2 aliphatic rings. The molecular weight excluding hydrogens is 384 g/mol. The van der Waals surface area contributed by atoms with Crippen molar-refractivity contribution in [2.45, 2.75) is 49.4 Å². The third-order valence-corrected chi connectivity index (χ3v) is 6.22. The van der Waals surface area contributed by atoms with Gasteiger partial charge in [-0.25, -0.2) is 4.79 Å². The predicted octanol–water partition coefficient (Wildman–Crippen LogP) is 0.840. The number of thioether (sulfide) groups is 1. The van der Waals surface area contributed by atoms with Gasteiger partial charge in [0, 0.05) is 11.7 Å². The molecule has 8 nitrogen and oxygen atoms in total. The Balaban J connectivity index is 1.61. The van der Waals surface area contributed by atoms with E-state index in [9.17, 15) is 19.2 Å². The maximum absolute atomic E-state index is 12.6. The number of β-lactam (4-membered cyclic amide) rings is 1. The Bertz CT molecular complexity index is 797. The highest BCUT2D eigenvalue weighted by Crippen LogP contribution is 2.51. The molecule has 1 N–H and O–H groups in total. The van der Waals surface area contributed by atoms with Crippen molar-refractivity contribution in [1.82, 2.24) is 10.2 Å². The molecule has 2 saturated heterocycles. The van der Waals surface area contributed by atoms with Gasteiger partial charge in [0.1, 0.15) is 17.5 Å².